The van der Waals surface area contributed by atoms with Crippen LogP contribution in [0.3, 0.4) is 0 Å². The first-order valence-electron chi connectivity index (χ1n) is 21.5. The number of aromatic hydroxyl groups is 1. The maximum absolute atomic E-state index is 13.3. The van der Waals surface area contributed by atoms with Gasteiger partial charge in [0.15, 0.2) is 0 Å². The van der Waals surface area contributed by atoms with Gasteiger partial charge in [-0.2, -0.15) is 0 Å². The van der Waals surface area contributed by atoms with Crippen molar-refractivity contribution >= 4 is 17.8 Å². The molecule has 63 heavy (non-hydrogen) atoms. The first kappa shape index (κ1) is 48.0. The summed E-state index contributed by atoms with van der Waals surface area (Å²) in [5, 5.41) is 17.8. The molecule has 0 aliphatic rings. The summed E-state index contributed by atoms with van der Waals surface area (Å²) in [4.78, 5) is 61.6. The molecule has 334 valence electrons. The van der Waals surface area contributed by atoms with Gasteiger partial charge >= 0.3 is 5.97 Å². The molecule has 0 aliphatic carbocycles. The molecule has 4 heterocycles. The van der Waals surface area contributed by atoms with E-state index in [9.17, 15) is 19.5 Å². The molecular weight excluding hydrogens is 797 g/mol. The second kappa shape index (κ2) is 25.1. The van der Waals surface area contributed by atoms with Gasteiger partial charge in [-0.1, -0.05) is 57.2 Å². The van der Waals surface area contributed by atoms with Crippen LogP contribution in [-0.4, -0.2) is 85.5 Å². The van der Waals surface area contributed by atoms with Gasteiger partial charge < -0.3 is 25.2 Å². The van der Waals surface area contributed by atoms with Crippen LogP contribution < -0.4 is 10.6 Å². The molecule has 5 aromatic rings. The molecular formula is C49H62N8O6. The Morgan fingerprint density at radius 3 is 1.54 bits per heavy atom. The molecule has 14 nitrogen and oxygen atoms in total. The van der Waals surface area contributed by atoms with Gasteiger partial charge in [-0.15, -0.1) is 0 Å². The minimum Gasteiger partial charge on any atom is -0.507 e. The standard InChI is InChI=1S/C49H62N8O6/c1-49(2,3)20-26-63-27-25-54-45(58)18-13-19-46(59)55-44(48(61)62-4)30-37-28-38(31-56(33-40-14-5-9-21-50-40)34-41-15-6-10-22-51-41)47(60)39(29-37)32-57(35-42-16-7-11-23-52-42)36-43-17-8-12-24-53-43/h5-12,14-17,21-24,28-29,44,60H,13,18-20,25-27,30-36H2,1-4H3,(H,54,58)(H,55,59). The molecule has 0 saturated heterocycles. The third kappa shape index (κ3) is 17.7. The summed E-state index contributed by atoms with van der Waals surface area (Å²) in [6, 6.07) is 25.8. The molecule has 5 rings (SSSR count). The lowest BCUT2D eigenvalue weighted by Gasteiger charge is -2.26. The molecule has 2 amide bonds. The fraction of sp³-hybridized carbons (Fsp3) is 0.408. The number of ether oxygens (including phenoxy) is 2. The zero-order valence-electron chi connectivity index (χ0n) is 37.0. The van der Waals surface area contributed by atoms with Crippen molar-refractivity contribution in [2.24, 2.45) is 5.41 Å². The monoisotopic (exact) mass is 858 g/mol. The van der Waals surface area contributed by atoms with E-state index in [4.69, 9.17) is 9.47 Å². The lowest BCUT2D eigenvalue weighted by molar-refractivity contribution is -0.145. The first-order chi connectivity index (χ1) is 30.4. The number of benzene rings is 1. The summed E-state index contributed by atoms with van der Waals surface area (Å²) in [5.74, 6) is -1.04. The number of phenols is 1. The Hall–Kier alpha value is -6.09. The van der Waals surface area contributed by atoms with Crippen LogP contribution in [0.15, 0.2) is 110 Å². The molecule has 1 aromatic carbocycles. The SMILES string of the molecule is COC(=O)C(Cc1cc(CN(Cc2ccccn2)Cc2ccccn2)c(O)c(CN(Cc2ccccn2)Cc2ccccn2)c1)NC(=O)CCCC(=O)NCCOCCC(C)(C)C. The number of carbonyl (C=O) groups excluding carboxylic acids is 3. The number of phenolic OH excluding ortho intramolecular Hbond substituents is 1. The lowest BCUT2D eigenvalue weighted by Crippen LogP contribution is -2.43. The zero-order chi connectivity index (χ0) is 44.9. The van der Waals surface area contributed by atoms with E-state index in [1.54, 1.807) is 24.8 Å². The van der Waals surface area contributed by atoms with Gasteiger partial charge in [0, 0.05) is 108 Å². The molecule has 0 spiro atoms. The maximum atomic E-state index is 13.3. The number of carbonyl (C=O) groups is 3. The Kier molecular flexibility index (Phi) is 19.1. The maximum Gasteiger partial charge on any atom is 0.328 e. The highest BCUT2D eigenvalue weighted by molar-refractivity contribution is 5.85. The highest BCUT2D eigenvalue weighted by atomic mass is 16.5. The van der Waals surface area contributed by atoms with Crippen molar-refractivity contribution < 1.29 is 29.0 Å². The van der Waals surface area contributed by atoms with Crippen molar-refractivity contribution in [1.29, 1.82) is 0 Å². The largest absolute Gasteiger partial charge is 0.507 e. The number of hydrogen-bond acceptors (Lipinski definition) is 12. The fourth-order valence-electron chi connectivity index (χ4n) is 6.97. The van der Waals surface area contributed by atoms with E-state index < -0.39 is 12.0 Å². The third-order valence-electron chi connectivity index (χ3n) is 10.2. The number of amides is 2. The lowest BCUT2D eigenvalue weighted by atomic mass is 9.93. The topological polar surface area (TPSA) is 172 Å². The van der Waals surface area contributed by atoms with Gasteiger partial charge in [-0.05, 0) is 72.4 Å². The fourth-order valence-corrected chi connectivity index (χ4v) is 6.97. The van der Waals surface area contributed by atoms with Gasteiger partial charge in [0.05, 0.1) is 36.5 Å². The average molecular weight is 859 g/mol. The molecule has 3 N–H and O–H groups in total. The van der Waals surface area contributed by atoms with E-state index in [2.05, 4.69) is 61.1 Å². The normalized spacial score (nSPS) is 12.0. The summed E-state index contributed by atoms with van der Waals surface area (Å²) < 4.78 is 10.8. The summed E-state index contributed by atoms with van der Waals surface area (Å²) >= 11 is 0. The van der Waals surface area contributed by atoms with Gasteiger partial charge in [-0.25, -0.2) is 4.79 Å². The van der Waals surface area contributed by atoms with Gasteiger partial charge in [-0.3, -0.25) is 39.3 Å². The van der Waals surface area contributed by atoms with Crippen LogP contribution in [0.4, 0.5) is 0 Å². The quantitative estimate of drug-likeness (QED) is 0.0442. The number of nitrogens with zero attached hydrogens (tertiary/aromatic N) is 6. The van der Waals surface area contributed by atoms with Crippen LogP contribution in [0.25, 0.3) is 0 Å². The van der Waals surface area contributed by atoms with Crippen molar-refractivity contribution in [3.05, 3.63) is 149 Å². The summed E-state index contributed by atoms with van der Waals surface area (Å²) in [7, 11) is 1.28. The number of aromatic nitrogens is 4. The van der Waals surface area contributed by atoms with E-state index >= 15 is 0 Å². The number of hydrogen-bond donors (Lipinski definition) is 3. The van der Waals surface area contributed by atoms with E-state index in [-0.39, 0.29) is 42.2 Å². The molecule has 1 unspecified atom stereocenters. The van der Waals surface area contributed by atoms with Crippen molar-refractivity contribution in [2.75, 3.05) is 26.9 Å². The van der Waals surface area contributed by atoms with Crippen LogP contribution in [0.2, 0.25) is 0 Å². The van der Waals surface area contributed by atoms with Gasteiger partial charge in [0.2, 0.25) is 11.8 Å². The minimum atomic E-state index is -1.02. The van der Waals surface area contributed by atoms with E-state index in [0.717, 1.165) is 29.2 Å². The molecule has 0 aliphatic heterocycles. The van der Waals surface area contributed by atoms with Crippen molar-refractivity contribution in [3.63, 3.8) is 0 Å². The van der Waals surface area contributed by atoms with E-state index in [1.807, 2.05) is 84.9 Å². The Balaban J connectivity index is 1.37. The summed E-state index contributed by atoms with van der Waals surface area (Å²) in [6.07, 6.45) is 8.53. The number of nitrogens with one attached hydrogen (secondary N) is 2. The minimum absolute atomic E-state index is 0.0427. The molecule has 0 fully saturated rings. The Morgan fingerprint density at radius 2 is 1.13 bits per heavy atom. The smallest absolute Gasteiger partial charge is 0.328 e. The Morgan fingerprint density at radius 1 is 0.667 bits per heavy atom. The predicted molar refractivity (Wildman–Crippen MR) is 240 cm³/mol. The highest BCUT2D eigenvalue weighted by Gasteiger charge is 2.25. The van der Waals surface area contributed by atoms with E-state index in [0.29, 0.717) is 82.1 Å². The van der Waals surface area contributed by atoms with Crippen molar-refractivity contribution in [2.45, 2.75) is 98.2 Å². The number of methoxy groups -OCH3 is 1. The molecule has 1 atom stereocenters. The Bertz CT molecular complexity index is 1950. The van der Waals surface area contributed by atoms with Crippen LogP contribution in [0.1, 0.15) is 85.9 Å². The number of rotatable bonds is 25. The predicted octanol–water partition coefficient (Wildman–Crippen LogP) is 6.32. The second-order valence-corrected chi connectivity index (χ2v) is 16.8. The van der Waals surface area contributed by atoms with E-state index in [1.165, 1.54) is 7.11 Å². The average Bonchev–Trinajstić information content (AvgIpc) is 3.27. The van der Waals surface area contributed by atoms with Crippen molar-refractivity contribution in [1.82, 2.24) is 40.4 Å². The van der Waals surface area contributed by atoms with Crippen LogP contribution in [0, 0.1) is 5.41 Å². The summed E-state index contributed by atoms with van der Waals surface area (Å²) in [5.41, 5.74) is 5.57. The van der Waals surface area contributed by atoms with Gasteiger partial charge in [0.25, 0.3) is 0 Å². The van der Waals surface area contributed by atoms with Crippen LogP contribution in [-0.2, 0) is 69.5 Å². The van der Waals surface area contributed by atoms with Crippen molar-refractivity contribution in [3.8, 4) is 5.75 Å². The highest BCUT2D eigenvalue weighted by Crippen LogP contribution is 2.30. The molecule has 4 aromatic heterocycles. The third-order valence-corrected chi connectivity index (χ3v) is 10.2. The molecule has 0 saturated carbocycles. The first-order valence-corrected chi connectivity index (χ1v) is 21.5. The zero-order valence-corrected chi connectivity index (χ0v) is 37.0. The number of esters is 1. The van der Waals surface area contributed by atoms with Crippen LogP contribution >= 0.6 is 0 Å². The number of pyridine rings is 4. The van der Waals surface area contributed by atoms with Crippen LogP contribution in [0.5, 0.6) is 5.75 Å². The summed E-state index contributed by atoms with van der Waals surface area (Å²) in [6.45, 7) is 10.4. The molecule has 14 heteroatoms. The van der Waals surface area contributed by atoms with Gasteiger partial charge in [0.1, 0.15) is 11.8 Å². The molecule has 0 bridgehead atoms. The Labute approximate surface area is 371 Å². The molecule has 0 radical (unpaired) electrons. The second-order valence-electron chi connectivity index (χ2n) is 16.8.